The predicted molar refractivity (Wildman–Crippen MR) is 101 cm³/mol. The van der Waals surface area contributed by atoms with E-state index in [9.17, 15) is 0 Å². The molecule has 0 aliphatic rings. The van der Waals surface area contributed by atoms with Gasteiger partial charge >= 0.3 is 0 Å². The van der Waals surface area contributed by atoms with Gasteiger partial charge in [-0.25, -0.2) is 0 Å². The van der Waals surface area contributed by atoms with Crippen molar-refractivity contribution in [2.75, 3.05) is 13.2 Å². The average molecular weight is 388 g/mol. The molecule has 0 saturated carbocycles. The smallest absolute Gasteiger partial charge is 0.162 e. The summed E-state index contributed by atoms with van der Waals surface area (Å²) in [5.41, 5.74) is 2.38. The van der Waals surface area contributed by atoms with Gasteiger partial charge in [0, 0.05) is 17.1 Å². The second-order valence-electron chi connectivity index (χ2n) is 5.36. The van der Waals surface area contributed by atoms with E-state index < -0.39 is 0 Å². The van der Waals surface area contributed by atoms with E-state index in [1.165, 1.54) is 5.56 Å². The first-order valence-electron chi connectivity index (χ1n) is 7.95. The summed E-state index contributed by atoms with van der Waals surface area (Å²) < 4.78 is 12.3. The van der Waals surface area contributed by atoms with Crippen molar-refractivity contribution in [3.63, 3.8) is 0 Å². The molecule has 3 nitrogen and oxygen atoms in total. The monoisotopic (exact) mass is 387 g/mol. The zero-order valence-corrected chi connectivity index (χ0v) is 15.6. The molecule has 0 spiro atoms. The van der Waals surface area contributed by atoms with Crippen LogP contribution in [-0.2, 0) is 6.54 Å². The van der Waals surface area contributed by atoms with Crippen molar-refractivity contribution in [3.05, 3.63) is 58.1 Å². The standard InChI is InChI=1S/C20H22BrNO2/c1-4-12-24-19-11-6-16(13-20(19)23-5-2)14-22-15(3)17-7-9-18(21)10-8-17/h1,6-11,13,15,22H,5,12,14H2,2-3H3. The third-order valence-corrected chi connectivity index (χ3v) is 4.13. The Bertz CT molecular complexity index is 692. The molecule has 0 aliphatic carbocycles. The van der Waals surface area contributed by atoms with Crippen molar-refractivity contribution in [1.82, 2.24) is 5.32 Å². The molecule has 2 rings (SSSR count). The normalized spacial score (nSPS) is 11.6. The molecule has 4 heteroatoms. The number of nitrogens with one attached hydrogen (secondary N) is 1. The molecular formula is C20H22BrNO2. The summed E-state index contributed by atoms with van der Waals surface area (Å²) in [4.78, 5) is 0. The highest BCUT2D eigenvalue weighted by molar-refractivity contribution is 9.10. The summed E-state index contributed by atoms with van der Waals surface area (Å²) in [7, 11) is 0. The number of halogens is 1. The molecule has 0 fully saturated rings. The largest absolute Gasteiger partial charge is 0.490 e. The predicted octanol–water partition coefficient (Wildman–Crippen LogP) is 4.71. The first-order valence-corrected chi connectivity index (χ1v) is 8.74. The maximum atomic E-state index is 5.65. The molecular weight excluding hydrogens is 366 g/mol. The van der Waals surface area contributed by atoms with Crippen LogP contribution in [0.5, 0.6) is 11.5 Å². The van der Waals surface area contributed by atoms with E-state index in [1.807, 2.05) is 25.1 Å². The molecule has 24 heavy (non-hydrogen) atoms. The van der Waals surface area contributed by atoms with E-state index in [0.29, 0.717) is 12.4 Å². The van der Waals surface area contributed by atoms with Crippen molar-refractivity contribution in [1.29, 1.82) is 0 Å². The van der Waals surface area contributed by atoms with Crippen molar-refractivity contribution in [2.45, 2.75) is 26.4 Å². The number of hydrogen-bond acceptors (Lipinski definition) is 3. The van der Waals surface area contributed by atoms with E-state index >= 15 is 0 Å². The van der Waals surface area contributed by atoms with E-state index in [-0.39, 0.29) is 12.6 Å². The Morgan fingerprint density at radius 2 is 1.88 bits per heavy atom. The lowest BCUT2D eigenvalue weighted by atomic mass is 10.1. The molecule has 2 aromatic rings. The van der Waals surface area contributed by atoms with Crippen LogP contribution in [-0.4, -0.2) is 13.2 Å². The Morgan fingerprint density at radius 3 is 2.54 bits per heavy atom. The maximum absolute atomic E-state index is 5.65. The van der Waals surface area contributed by atoms with Gasteiger partial charge in [0.05, 0.1) is 6.61 Å². The minimum atomic E-state index is 0.234. The third-order valence-electron chi connectivity index (χ3n) is 3.60. The highest BCUT2D eigenvalue weighted by Crippen LogP contribution is 2.28. The molecule has 1 N–H and O–H groups in total. The van der Waals surface area contributed by atoms with Crippen LogP contribution in [0.3, 0.4) is 0 Å². The fraction of sp³-hybridized carbons (Fsp3) is 0.300. The Kier molecular flexibility index (Phi) is 7.17. The van der Waals surface area contributed by atoms with Crippen molar-refractivity contribution >= 4 is 15.9 Å². The van der Waals surface area contributed by atoms with Crippen LogP contribution in [0.2, 0.25) is 0 Å². The van der Waals surface area contributed by atoms with Gasteiger partial charge < -0.3 is 14.8 Å². The van der Waals surface area contributed by atoms with Crippen molar-refractivity contribution in [2.24, 2.45) is 0 Å². The van der Waals surface area contributed by atoms with Crippen LogP contribution in [0.1, 0.15) is 31.0 Å². The molecule has 0 saturated heterocycles. The minimum absolute atomic E-state index is 0.234. The lowest BCUT2D eigenvalue weighted by Crippen LogP contribution is -2.18. The molecule has 0 aliphatic heterocycles. The summed E-state index contributed by atoms with van der Waals surface area (Å²) in [6.45, 7) is 5.66. The quantitative estimate of drug-likeness (QED) is 0.665. The molecule has 1 unspecified atom stereocenters. The SMILES string of the molecule is C#CCOc1ccc(CNC(C)c2ccc(Br)cc2)cc1OCC. The van der Waals surface area contributed by atoms with Crippen molar-refractivity contribution in [3.8, 4) is 23.8 Å². The van der Waals surface area contributed by atoms with Crippen LogP contribution in [0.25, 0.3) is 0 Å². The first-order chi connectivity index (χ1) is 11.6. The van der Waals surface area contributed by atoms with Gasteiger partial charge in [-0.3, -0.25) is 0 Å². The van der Waals surface area contributed by atoms with Gasteiger partial charge in [-0.15, -0.1) is 6.42 Å². The maximum Gasteiger partial charge on any atom is 0.162 e. The van der Waals surface area contributed by atoms with Gasteiger partial charge in [0.1, 0.15) is 6.61 Å². The molecule has 0 radical (unpaired) electrons. The Hall–Kier alpha value is -1.96. The molecule has 0 heterocycles. The van der Waals surface area contributed by atoms with Crippen LogP contribution in [0, 0.1) is 12.3 Å². The molecule has 0 amide bonds. The fourth-order valence-electron chi connectivity index (χ4n) is 2.31. The minimum Gasteiger partial charge on any atom is -0.490 e. The summed E-state index contributed by atoms with van der Waals surface area (Å²) in [6.07, 6.45) is 5.25. The number of hydrogen-bond donors (Lipinski definition) is 1. The number of terminal acetylenes is 1. The second kappa shape index (κ2) is 9.36. The topological polar surface area (TPSA) is 30.5 Å². The summed E-state index contributed by atoms with van der Waals surface area (Å²) in [5.74, 6) is 3.87. The van der Waals surface area contributed by atoms with Gasteiger partial charge in [0.25, 0.3) is 0 Å². The molecule has 2 aromatic carbocycles. The number of rotatable bonds is 8. The summed E-state index contributed by atoms with van der Waals surface area (Å²) in [5, 5.41) is 3.52. The zero-order valence-electron chi connectivity index (χ0n) is 14.0. The van der Waals surface area contributed by atoms with Gasteiger partial charge in [-0.1, -0.05) is 40.0 Å². The van der Waals surface area contributed by atoms with Crippen LogP contribution in [0.4, 0.5) is 0 Å². The van der Waals surface area contributed by atoms with Gasteiger partial charge in [-0.2, -0.15) is 0 Å². The average Bonchev–Trinajstić information content (AvgIpc) is 2.59. The van der Waals surface area contributed by atoms with Crippen molar-refractivity contribution < 1.29 is 9.47 Å². The Balaban J connectivity index is 2.02. The molecule has 1 atom stereocenters. The molecule has 0 aromatic heterocycles. The van der Waals surface area contributed by atoms with E-state index in [1.54, 1.807) is 0 Å². The highest BCUT2D eigenvalue weighted by atomic mass is 79.9. The molecule has 126 valence electrons. The first kappa shape index (κ1) is 18.4. The zero-order chi connectivity index (χ0) is 17.4. The van der Waals surface area contributed by atoms with Crippen LogP contribution >= 0.6 is 15.9 Å². The number of benzene rings is 2. The Morgan fingerprint density at radius 1 is 1.12 bits per heavy atom. The highest BCUT2D eigenvalue weighted by Gasteiger charge is 2.08. The van der Waals surface area contributed by atoms with Gasteiger partial charge in [0.2, 0.25) is 0 Å². The van der Waals surface area contributed by atoms with Crippen LogP contribution in [0.15, 0.2) is 46.9 Å². The summed E-state index contributed by atoms with van der Waals surface area (Å²) >= 11 is 3.46. The third kappa shape index (κ3) is 5.30. The fourth-order valence-corrected chi connectivity index (χ4v) is 2.57. The van der Waals surface area contributed by atoms with Gasteiger partial charge in [0.15, 0.2) is 11.5 Å². The lowest BCUT2D eigenvalue weighted by Gasteiger charge is -2.16. The number of ether oxygens (including phenoxy) is 2. The van der Waals surface area contributed by atoms with E-state index in [0.717, 1.165) is 22.3 Å². The second-order valence-corrected chi connectivity index (χ2v) is 6.28. The molecule has 0 bridgehead atoms. The summed E-state index contributed by atoms with van der Waals surface area (Å²) in [6, 6.07) is 14.5. The Labute approximate surface area is 152 Å². The van der Waals surface area contributed by atoms with Gasteiger partial charge in [-0.05, 0) is 49.2 Å². The van der Waals surface area contributed by atoms with E-state index in [4.69, 9.17) is 15.9 Å². The van der Waals surface area contributed by atoms with Crippen LogP contribution < -0.4 is 14.8 Å². The lowest BCUT2D eigenvalue weighted by molar-refractivity contribution is 0.299. The van der Waals surface area contributed by atoms with E-state index in [2.05, 4.69) is 58.4 Å².